The van der Waals surface area contributed by atoms with Gasteiger partial charge in [-0.05, 0) is 76.1 Å². The van der Waals surface area contributed by atoms with E-state index in [1.165, 1.54) is 60.1 Å². The van der Waals surface area contributed by atoms with Crippen molar-refractivity contribution >= 4 is 33.1 Å². The number of aryl methyl sites for hydroxylation is 2. The maximum absolute atomic E-state index is 12.8. The van der Waals surface area contributed by atoms with E-state index in [2.05, 4.69) is 61.2 Å². The molecule has 1 aliphatic heterocycles. The summed E-state index contributed by atoms with van der Waals surface area (Å²) in [6.45, 7) is 10.7. The summed E-state index contributed by atoms with van der Waals surface area (Å²) in [5.74, 6) is 0.398. The fourth-order valence-electron chi connectivity index (χ4n) is 5.78. The monoisotopic (exact) mass is 552 g/mol. The lowest BCUT2D eigenvalue weighted by Crippen LogP contribution is -2.38. The average molecular weight is 553 g/mol. The summed E-state index contributed by atoms with van der Waals surface area (Å²) in [6, 6.07) is 12.1. The zero-order chi connectivity index (χ0) is 28.5. The van der Waals surface area contributed by atoms with Gasteiger partial charge in [-0.1, -0.05) is 57.9 Å². The fraction of sp³-hybridized carbons (Fsp3) is 0.562. The number of carbonyl (C=O) groups is 1. The van der Waals surface area contributed by atoms with E-state index >= 15 is 0 Å². The molecule has 0 radical (unpaired) electrons. The van der Waals surface area contributed by atoms with Crippen molar-refractivity contribution in [3.05, 3.63) is 51.9 Å². The summed E-state index contributed by atoms with van der Waals surface area (Å²) in [6.07, 6.45) is 9.72. The Hall–Kier alpha value is -2.64. The number of nitrogen functional groups attached to an aromatic ring is 1. The molecule has 1 aliphatic carbocycles. The zero-order valence-electron chi connectivity index (χ0n) is 25.0. The Morgan fingerprint density at radius 1 is 1.13 bits per heavy atom. The second-order valence-corrected chi connectivity index (χ2v) is 11.5. The van der Waals surface area contributed by atoms with E-state index in [1.807, 2.05) is 19.9 Å². The third kappa shape index (κ3) is 7.52. The molecule has 2 aliphatic rings. The largest absolute Gasteiger partial charge is 0.481 e. The van der Waals surface area contributed by atoms with Crippen LogP contribution in [0.1, 0.15) is 92.6 Å². The van der Waals surface area contributed by atoms with Gasteiger partial charge in [0.2, 0.25) is 5.88 Å². The molecule has 1 fully saturated rings. The van der Waals surface area contributed by atoms with Crippen LogP contribution in [-0.2, 0) is 12.8 Å². The smallest absolute Gasteiger partial charge is 0.263 e. The lowest BCUT2D eigenvalue weighted by Gasteiger charge is -2.25. The highest BCUT2D eigenvalue weighted by molar-refractivity contribution is 7.21. The average Bonchev–Trinajstić information content (AvgIpc) is 3.48. The van der Waals surface area contributed by atoms with Gasteiger partial charge in [-0.3, -0.25) is 4.79 Å². The highest BCUT2D eigenvalue weighted by Gasteiger charge is 2.28. The predicted octanol–water partition coefficient (Wildman–Crippen LogP) is 7.17. The van der Waals surface area contributed by atoms with Crippen LogP contribution in [0.15, 0.2) is 30.3 Å². The first-order chi connectivity index (χ1) is 18.8. The number of pyridine rings is 1. The lowest BCUT2D eigenvalue weighted by atomic mass is 9.87. The lowest BCUT2D eigenvalue weighted by molar-refractivity contribution is 0.0938. The minimum absolute atomic E-state index is 0.120. The highest BCUT2D eigenvalue weighted by atomic mass is 32.1. The Labute approximate surface area is 239 Å². The van der Waals surface area contributed by atoms with E-state index in [9.17, 15) is 4.79 Å². The van der Waals surface area contributed by atoms with E-state index in [1.54, 1.807) is 13.2 Å². The Morgan fingerprint density at radius 2 is 1.87 bits per heavy atom. The number of thiophene rings is 1. The second kappa shape index (κ2) is 14.7. The van der Waals surface area contributed by atoms with Gasteiger partial charge in [-0.25, -0.2) is 4.98 Å². The Bertz CT molecular complexity index is 1220. The van der Waals surface area contributed by atoms with Crippen LogP contribution in [0.3, 0.4) is 0 Å². The molecular weight excluding hydrogens is 504 g/mol. The SMILES string of the molecule is CC.CCCC1CCC(CC)N1C.COc1ccc2c(N)c(C(=O)NC3CCc4cc(C)ccc4C3)sc2n1. The first kappa shape index (κ1) is 30.9. The molecule has 0 saturated carbocycles. The normalized spacial score (nSPS) is 20.3. The summed E-state index contributed by atoms with van der Waals surface area (Å²) in [5, 5.41) is 3.95. The van der Waals surface area contributed by atoms with Crippen molar-refractivity contribution in [1.82, 2.24) is 15.2 Å². The first-order valence-electron chi connectivity index (χ1n) is 14.7. The van der Waals surface area contributed by atoms with Gasteiger partial charge < -0.3 is 20.7 Å². The number of amides is 1. The molecule has 3 aromatic rings. The molecule has 1 aromatic carbocycles. The number of ether oxygens (including phenoxy) is 1. The summed E-state index contributed by atoms with van der Waals surface area (Å²) in [4.78, 5) is 21.0. The molecule has 5 rings (SSSR count). The van der Waals surface area contributed by atoms with Gasteiger partial charge in [-0.2, -0.15) is 0 Å². The van der Waals surface area contributed by atoms with Crippen molar-refractivity contribution in [3.63, 3.8) is 0 Å². The molecular formula is C32H48N4O2S. The molecule has 0 bridgehead atoms. The van der Waals surface area contributed by atoms with Crippen LogP contribution in [-0.4, -0.2) is 48.1 Å². The number of rotatable bonds is 6. The Morgan fingerprint density at radius 3 is 2.54 bits per heavy atom. The maximum Gasteiger partial charge on any atom is 0.263 e. The first-order valence-corrected chi connectivity index (χ1v) is 15.5. The van der Waals surface area contributed by atoms with Gasteiger partial charge in [-0.15, -0.1) is 11.3 Å². The number of likely N-dealkylation sites (tertiary alicyclic amines) is 1. The van der Waals surface area contributed by atoms with Crippen LogP contribution in [0.25, 0.3) is 10.2 Å². The Kier molecular flexibility index (Phi) is 11.6. The summed E-state index contributed by atoms with van der Waals surface area (Å²) >= 11 is 1.31. The van der Waals surface area contributed by atoms with Crippen LogP contribution in [0.5, 0.6) is 5.88 Å². The molecule has 3 heterocycles. The van der Waals surface area contributed by atoms with Crippen molar-refractivity contribution in [2.45, 2.75) is 104 Å². The molecule has 0 spiro atoms. The third-order valence-corrected chi connectivity index (χ3v) is 9.10. The third-order valence-electron chi connectivity index (χ3n) is 7.99. The van der Waals surface area contributed by atoms with Crippen LogP contribution >= 0.6 is 11.3 Å². The number of nitrogens with zero attached hydrogens (tertiary/aromatic N) is 2. The van der Waals surface area contributed by atoms with E-state index in [-0.39, 0.29) is 11.9 Å². The number of anilines is 1. The van der Waals surface area contributed by atoms with Crippen molar-refractivity contribution in [2.75, 3.05) is 19.9 Å². The molecule has 2 aromatic heterocycles. The second-order valence-electron chi connectivity index (χ2n) is 10.5. The number of carbonyl (C=O) groups excluding carboxylic acids is 1. The van der Waals surface area contributed by atoms with Gasteiger partial charge in [0.05, 0.1) is 12.8 Å². The molecule has 39 heavy (non-hydrogen) atoms. The van der Waals surface area contributed by atoms with E-state index in [4.69, 9.17) is 10.5 Å². The number of hydrogen-bond acceptors (Lipinski definition) is 6. The quantitative estimate of drug-likeness (QED) is 0.339. The van der Waals surface area contributed by atoms with Gasteiger partial charge >= 0.3 is 0 Å². The van der Waals surface area contributed by atoms with Gasteiger partial charge in [0, 0.05) is 29.6 Å². The van der Waals surface area contributed by atoms with Crippen molar-refractivity contribution < 1.29 is 9.53 Å². The highest BCUT2D eigenvalue weighted by Crippen LogP contribution is 2.34. The Balaban J connectivity index is 0.000000272. The van der Waals surface area contributed by atoms with E-state index in [0.717, 1.165) is 41.6 Å². The van der Waals surface area contributed by atoms with E-state index in [0.29, 0.717) is 16.4 Å². The molecule has 214 valence electrons. The van der Waals surface area contributed by atoms with Crippen LogP contribution in [0, 0.1) is 6.92 Å². The van der Waals surface area contributed by atoms with E-state index < -0.39 is 0 Å². The van der Waals surface area contributed by atoms with Gasteiger partial charge in [0.25, 0.3) is 5.91 Å². The molecule has 1 saturated heterocycles. The molecule has 6 nitrogen and oxygen atoms in total. The van der Waals surface area contributed by atoms with Gasteiger partial charge in [0.1, 0.15) is 9.71 Å². The minimum atomic E-state index is -0.120. The number of nitrogens with one attached hydrogen (secondary N) is 1. The maximum atomic E-state index is 12.8. The van der Waals surface area contributed by atoms with Crippen molar-refractivity contribution in [3.8, 4) is 5.88 Å². The molecule has 7 heteroatoms. The fourth-order valence-corrected chi connectivity index (χ4v) is 6.77. The minimum Gasteiger partial charge on any atom is -0.481 e. The summed E-state index contributed by atoms with van der Waals surface area (Å²) < 4.78 is 5.15. The summed E-state index contributed by atoms with van der Waals surface area (Å²) in [7, 11) is 3.86. The van der Waals surface area contributed by atoms with Crippen LogP contribution in [0.4, 0.5) is 5.69 Å². The van der Waals surface area contributed by atoms with Crippen molar-refractivity contribution in [1.29, 1.82) is 0 Å². The molecule has 3 N–H and O–H groups in total. The number of methoxy groups -OCH3 is 1. The molecule has 3 atom stereocenters. The zero-order valence-corrected chi connectivity index (χ0v) is 25.8. The number of fused-ring (bicyclic) bond motifs is 2. The molecule has 3 unspecified atom stereocenters. The van der Waals surface area contributed by atoms with Crippen molar-refractivity contribution in [2.24, 2.45) is 0 Å². The number of nitrogens with two attached hydrogens (primary N) is 1. The predicted molar refractivity (Wildman–Crippen MR) is 166 cm³/mol. The van der Waals surface area contributed by atoms with Crippen LogP contribution < -0.4 is 15.8 Å². The number of aromatic nitrogens is 1. The number of benzene rings is 1. The van der Waals surface area contributed by atoms with Gasteiger partial charge in [0.15, 0.2) is 0 Å². The topological polar surface area (TPSA) is 80.5 Å². The van der Waals surface area contributed by atoms with Crippen LogP contribution in [0.2, 0.25) is 0 Å². The number of hydrogen-bond donors (Lipinski definition) is 2. The molecule has 1 amide bonds. The standard InChI is InChI=1S/C20H21N3O2S.C10H21N.C2H6/c1-11-3-4-13-10-14(6-5-12(13)9-11)22-19(24)18-17(21)15-7-8-16(25-2)23-20(15)26-18;1-4-6-10-8-7-9(5-2)11(10)3;1-2/h3-4,7-9,14H,5-6,10,21H2,1-2H3,(H,22,24);9-10H,4-8H2,1-3H3;1-2H3. The summed E-state index contributed by atoms with van der Waals surface area (Å²) in [5.41, 5.74) is 10.7.